The van der Waals surface area contributed by atoms with Gasteiger partial charge in [-0.25, -0.2) is 14.1 Å². The van der Waals surface area contributed by atoms with Crippen LogP contribution >= 0.6 is 0 Å². The van der Waals surface area contributed by atoms with E-state index in [4.69, 9.17) is 0 Å². The minimum atomic E-state index is -1.42. The molecule has 4 N–H and O–H groups in total. The highest BCUT2D eigenvalue weighted by Crippen LogP contribution is 2.39. The molecule has 0 saturated heterocycles. The molecule has 12 nitrogen and oxygen atoms in total. The first-order chi connectivity index (χ1) is 20.9. The molecule has 0 spiro atoms. The Labute approximate surface area is 254 Å². The third kappa shape index (κ3) is 7.84. The van der Waals surface area contributed by atoms with Crippen LogP contribution in [0.3, 0.4) is 0 Å². The zero-order valence-corrected chi connectivity index (χ0v) is 25.3. The first-order valence-corrected chi connectivity index (χ1v) is 14.5. The van der Waals surface area contributed by atoms with Crippen molar-refractivity contribution in [3.05, 3.63) is 52.1 Å². The number of halogens is 1. The molecule has 2 aromatic rings. The largest absolute Gasteiger partial charge is 0.480 e. The molecule has 0 radical (unpaired) electrons. The van der Waals surface area contributed by atoms with Crippen LogP contribution in [0, 0.1) is 19.7 Å². The van der Waals surface area contributed by atoms with Crippen LogP contribution in [0.5, 0.6) is 0 Å². The van der Waals surface area contributed by atoms with E-state index in [-0.39, 0.29) is 42.0 Å². The molecule has 44 heavy (non-hydrogen) atoms. The number of carboxylic acid groups (broad SMARTS) is 1. The number of aliphatic carboxylic acids is 1. The summed E-state index contributed by atoms with van der Waals surface area (Å²) in [5, 5.41) is 14.7. The molecule has 1 aliphatic heterocycles. The summed E-state index contributed by atoms with van der Waals surface area (Å²) in [6.07, 6.45) is 0.988. The van der Waals surface area contributed by atoms with Crippen molar-refractivity contribution < 1.29 is 38.3 Å². The Kier molecular flexibility index (Phi) is 11.7. The molecule has 0 aliphatic carbocycles. The number of nitrogens with zero attached hydrogens (tertiary/aromatic N) is 2. The lowest BCUT2D eigenvalue weighted by molar-refractivity contribution is -0.142. The van der Waals surface area contributed by atoms with Crippen LogP contribution in [0.1, 0.15) is 72.4 Å². The first-order valence-electron chi connectivity index (χ1n) is 14.5. The van der Waals surface area contributed by atoms with Gasteiger partial charge in [0, 0.05) is 49.3 Å². The number of aryl methyl sites for hydroxylation is 1. The van der Waals surface area contributed by atoms with E-state index in [1.165, 1.54) is 12.1 Å². The maximum absolute atomic E-state index is 14.3. The van der Waals surface area contributed by atoms with E-state index in [9.17, 15) is 38.3 Å². The number of anilines is 1. The van der Waals surface area contributed by atoms with E-state index in [0.717, 1.165) is 30.1 Å². The number of rotatable bonds is 15. The molecule has 0 saturated carbocycles. The molecule has 0 unspecified atom stereocenters. The summed E-state index contributed by atoms with van der Waals surface area (Å²) in [6, 6.07) is 2.11. The number of hydrogen-bond donors (Lipinski definition) is 4. The molecule has 1 aliphatic rings. The highest BCUT2D eigenvalue weighted by molar-refractivity contribution is 6.42. The number of likely N-dealkylation sites (N-methyl/N-ethyl adjacent to an activating group) is 1. The van der Waals surface area contributed by atoms with Gasteiger partial charge in [-0.1, -0.05) is 13.8 Å². The molecule has 13 heteroatoms. The van der Waals surface area contributed by atoms with Gasteiger partial charge in [0.05, 0.1) is 16.8 Å². The number of aromatic amines is 1. The molecule has 1 atom stereocenters. The van der Waals surface area contributed by atoms with E-state index in [0.29, 0.717) is 41.9 Å². The third-order valence-electron chi connectivity index (χ3n) is 7.54. The fraction of sp³-hybridized carbons (Fsp3) is 0.419. The number of nitrogens with one attached hydrogen (secondary N) is 3. The normalized spacial score (nSPS) is 14.1. The number of aldehydes is 1. The average Bonchev–Trinajstić information content (AvgIpc) is 3.42. The van der Waals surface area contributed by atoms with E-state index in [2.05, 4.69) is 20.5 Å². The Balaban J connectivity index is 1.85. The summed E-state index contributed by atoms with van der Waals surface area (Å²) < 4.78 is 14.3. The zero-order valence-electron chi connectivity index (χ0n) is 25.3. The van der Waals surface area contributed by atoms with E-state index < -0.39 is 42.0 Å². The van der Waals surface area contributed by atoms with Crippen molar-refractivity contribution in [3.8, 4) is 0 Å². The van der Waals surface area contributed by atoms with Crippen molar-refractivity contribution in [3.63, 3.8) is 0 Å². The average molecular weight is 612 g/mol. The maximum atomic E-state index is 14.3. The summed E-state index contributed by atoms with van der Waals surface area (Å²) in [4.78, 5) is 80.1. The fourth-order valence-electron chi connectivity index (χ4n) is 5.10. The van der Waals surface area contributed by atoms with Gasteiger partial charge in [-0.15, -0.1) is 0 Å². The second-order valence-corrected chi connectivity index (χ2v) is 10.4. The number of carboxylic acids is 1. The number of carbonyl (C=O) groups is 6. The lowest BCUT2D eigenvalue weighted by Gasteiger charge is -2.18. The molecular weight excluding hydrogens is 573 g/mol. The lowest BCUT2D eigenvalue weighted by Crippen LogP contribution is -2.42. The van der Waals surface area contributed by atoms with E-state index >= 15 is 0 Å². The summed E-state index contributed by atoms with van der Waals surface area (Å²) in [5.41, 5.74) is 2.31. The second-order valence-electron chi connectivity index (χ2n) is 10.4. The molecule has 0 fully saturated rings. The Morgan fingerprint density at radius 3 is 2.48 bits per heavy atom. The number of H-pyrrole nitrogens is 1. The molecule has 0 bridgehead atoms. The van der Waals surface area contributed by atoms with Crippen molar-refractivity contribution in [2.75, 3.05) is 31.1 Å². The van der Waals surface area contributed by atoms with Crippen LogP contribution in [-0.2, 0) is 24.0 Å². The number of amides is 4. The van der Waals surface area contributed by atoms with Gasteiger partial charge in [0.25, 0.3) is 11.8 Å². The Morgan fingerprint density at radius 2 is 1.84 bits per heavy atom. The SMILES string of the molecule is CCN(CC)CCNC(=O)c1c(C)[nH]c(/C=C2\C(=O)N(C(=O)CC[C@H](NC(=O)CCC=O)C(=O)O)c3ccc(F)cc32)c1C. The molecule has 3 rings (SSSR count). The minimum absolute atomic E-state index is 0.0163. The standard InChI is InChI=1S/C31H38FN5O7/c1-5-36(6-2)14-13-33-29(41)28-18(3)24(34-19(28)4)17-22-21-16-20(32)9-11-25(21)37(30(22)42)27(40)12-10-23(31(43)44)35-26(39)8-7-15-38/h9,11,15-17,23,34H,5-8,10,12-14H2,1-4H3,(H,33,41)(H,35,39)(H,43,44)/b22-17-/t23-/m0/s1. The van der Waals surface area contributed by atoms with Crippen molar-refractivity contribution in [1.82, 2.24) is 20.5 Å². The number of hydrogen-bond acceptors (Lipinski definition) is 7. The Hall–Kier alpha value is -4.65. The summed E-state index contributed by atoms with van der Waals surface area (Å²) in [7, 11) is 0. The van der Waals surface area contributed by atoms with Crippen molar-refractivity contribution in [2.45, 2.75) is 59.4 Å². The molecule has 1 aromatic carbocycles. The summed E-state index contributed by atoms with van der Waals surface area (Å²) in [5.74, 6) is -4.43. The van der Waals surface area contributed by atoms with Crippen LogP contribution in [0.15, 0.2) is 18.2 Å². The lowest BCUT2D eigenvalue weighted by atomic mass is 10.0. The van der Waals surface area contributed by atoms with E-state index in [1.807, 2.05) is 13.8 Å². The van der Waals surface area contributed by atoms with Crippen LogP contribution in [0.2, 0.25) is 0 Å². The molecule has 4 amide bonds. The zero-order chi connectivity index (χ0) is 32.6. The topological polar surface area (TPSA) is 169 Å². The van der Waals surface area contributed by atoms with Crippen LogP contribution < -0.4 is 15.5 Å². The number of aromatic nitrogens is 1. The van der Waals surface area contributed by atoms with Crippen LogP contribution in [-0.4, -0.2) is 83.1 Å². The van der Waals surface area contributed by atoms with Crippen molar-refractivity contribution in [1.29, 1.82) is 0 Å². The van der Waals surface area contributed by atoms with Crippen molar-refractivity contribution >= 4 is 53.2 Å². The third-order valence-corrected chi connectivity index (χ3v) is 7.54. The summed E-state index contributed by atoms with van der Waals surface area (Å²) in [6.45, 7) is 10.4. The first kappa shape index (κ1) is 33.8. The molecule has 2 heterocycles. The Morgan fingerprint density at radius 1 is 1.14 bits per heavy atom. The predicted molar refractivity (Wildman–Crippen MR) is 161 cm³/mol. The van der Waals surface area contributed by atoms with Gasteiger partial charge < -0.3 is 30.4 Å². The van der Waals surface area contributed by atoms with Gasteiger partial charge >= 0.3 is 5.97 Å². The number of benzene rings is 1. The fourth-order valence-corrected chi connectivity index (χ4v) is 5.10. The molecule has 236 valence electrons. The van der Waals surface area contributed by atoms with Crippen LogP contribution in [0.25, 0.3) is 11.6 Å². The van der Waals surface area contributed by atoms with Crippen molar-refractivity contribution in [2.24, 2.45) is 0 Å². The van der Waals surface area contributed by atoms with Gasteiger partial charge in [-0.05, 0) is 63.2 Å². The number of carbonyl (C=O) groups excluding carboxylic acids is 5. The van der Waals surface area contributed by atoms with Crippen LogP contribution in [0.4, 0.5) is 10.1 Å². The highest BCUT2D eigenvalue weighted by atomic mass is 19.1. The molecule has 1 aromatic heterocycles. The second kappa shape index (κ2) is 15.2. The predicted octanol–water partition coefficient (Wildman–Crippen LogP) is 2.58. The molecular formula is C31H38FN5O7. The maximum Gasteiger partial charge on any atom is 0.326 e. The summed E-state index contributed by atoms with van der Waals surface area (Å²) >= 11 is 0. The number of imide groups is 1. The monoisotopic (exact) mass is 611 g/mol. The van der Waals surface area contributed by atoms with E-state index in [1.54, 1.807) is 13.8 Å². The van der Waals surface area contributed by atoms with Gasteiger partial charge in [0.2, 0.25) is 11.8 Å². The highest BCUT2D eigenvalue weighted by Gasteiger charge is 2.37. The van der Waals surface area contributed by atoms with Gasteiger partial charge in [-0.2, -0.15) is 0 Å². The minimum Gasteiger partial charge on any atom is -0.480 e. The van der Waals surface area contributed by atoms with Gasteiger partial charge in [-0.3, -0.25) is 19.2 Å². The smallest absolute Gasteiger partial charge is 0.326 e. The number of fused-ring (bicyclic) bond motifs is 1. The van der Waals surface area contributed by atoms with Gasteiger partial charge in [0.15, 0.2) is 0 Å². The quantitative estimate of drug-likeness (QED) is 0.176. The van der Waals surface area contributed by atoms with Gasteiger partial charge in [0.1, 0.15) is 18.1 Å². The Bertz CT molecular complexity index is 1480.